The second-order valence-electron chi connectivity index (χ2n) is 8.56. The highest BCUT2D eigenvalue weighted by atomic mass is 35.5. The molecule has 0 bridgehead atoms. The van der Waals surface area contributed by atoms with Crippen molar-refractivity contribution in [2.24, 2.45) is 11.8 Å². The Bertz CT molecular complexity index is 882. The van der Waals surface area contributed by atoms with Crippen molar-refractivity contribution < 1.29 is 4.79 Å². The van der Waals surface area contributed by atoms with E-state index >= 15 is 0 Å². The second kappa shape index (κ2) is 8.66. The predicted octanol–water partition coefficient (Wildman–Crippen LogP) is 4.83. The Labute approximate surface area is 182 Å². The van der Waals surface area contributed by atoms with Crippen molar-refractivity contribution in [2.45, 2.75) is 27.2 Å². The number of nitrogens with zero attached hydrogens (tertiary/aromatic N) is 2. The Kier molecular flexibility index (Phi) is 6.19. The number of aryl methyl sites for hydroxylation is 3. The third kappa shape index (κ3) is 4.62. The monoisotopic (exact) mass is 431 g/mol. The van der Waals surface area contributed by atoms with Crippen molar-refractivity contribution >= 4 is 34.5 Å². The first kappa shape index (κ1) is 20.7. The van der Waals surface area contributed by atoms with Crippen molar-refractivity contribution in [2.75, 3.05) is 44.6 Å². The summed E-state index contributed by atoms with van der Waals surface area (Å²) in [5, 5.41) is 4.29. The van der Waals surface area contributed by atoms with Gasteiger partial charge in [-0.2, -0.15) is 0 Å². The summed E-state index contributed by atoms with van der Waals surface area (Å²) in [4.78, 5) is 19.9. The minimum absolute atomic E-state index is 0.230. The lowest BCUT2D eigenvalue weighted by Crippen LogP contribution is -2.34. The number of fused-ring (bicyclic) bond motifs is 1. The number of nitrogens with one attached hydrogen (secondary N) is 1. The zero-order valence-corrected chi connectivity index (χ0v) is 19.1. The lowest BCUT2D eigenvalue weighted by atomic mass is 10.0. The normalized spacial score (nSPS) is 21.6. The van der Waals surface area contributed by atoms with Crippen LogP contribution in [0.1, 0.15) is 32.1 Å². The van der Waals surface area contributed by atoms with Crippen LogP contribution >= 0.6 is 22.9 Å². The molecule has 0 aliphatic carbocycles. The molecule has 3 heterocycles. The van der Waals surface area contributed by atoms with Crippen molar-refractivity contribution in [1.29, 1.82) is 0 Å². The first-order chi connectivity index (χ1) is 13.9. The maximum atomic E-state index is 12.9. The molecule has 1 aromatic carbocycles. The zero-order chi connectivity index (χ0) is 20.5. The van der Waals surface area contributed by atoms with Gasteiger partial charge in [0.1, 0.15) is 0 Å². The van der Waals surface area contributed by atoms with E-state index in [4.69, 9.17) is 11.6 Å². The number of anilines is 1. The smallest absolute Gasteiger partial charge is 0.254 e. The Morgan fingerprint density at radius 2 is 1.86 bits per heavy atom. The second-order valence-corrected chi connectivity index (χ2v) is 10.4. The molecule has 0 saturated carbocycles. The predicted molar refractivity (Wildman–Crippen MR) is 122 cm³/mol. The number of carbonyl (C=O) groups is 1. The van der Waals surface area contributed by atoms with Gasteiger partial charge in [0.15, 0.2) is 0 Å². The number of likely N-dealkylation sites (tertiary alicyclic amines) is 2. The molecule has 2 fully saturated rings. The van der Waals surface area contributed by atoms with E-state index in [0.29, 0.717) is 11.8 Å². The van der Waals surface area contributed by atoms with Crippen LogP contribution in [0.25, 0.3) is 0 Å². The molecule has 2 aromatic rings. The fourth-order valence-electron chi connectivity index (χ4n) is 4.69. The number of halogens is 1. The molecule has 1 aromatic heterocycles. The molecule has 0 spiro atoms. The first-order valence-corrected chi connectivity index (χ1v) is 11.7. The maximum Gasteiger partial charge on any atom is 0.254 e. The quantitative estimate of drug-likeness (QED) is 0.665. The van der Waals surface area contributed by atoms with Gasteiger partial charge in [-0.3, -0.25) is 4.79 Å². The third-order valence-electron chi connectivity index (χ3n) is 6.27. The molecule has 2 aliphatic heterocycles. The van der Waals surface area contributed by atoms with E-state index in [1.807, 2.05) is 13.0 Å². The van der Waals surface area contributed by atoms with Gasteiger partial charge in [-0.25, -0.2) is 0 Å². The summed E-state index contributed by atoms with van der Waals surface area (Å²) in [7, 11) is 0. The summed E-state index contributed by atoms with van der Waals surface area (Å²) in [6.45, 7) is 12.3. The Morgan fingerprint density at radius 1 is 1.14 bits per heavy atom. The van der Waals surface area contributed by atoms with Crippen molar-refractivity contribution in [3.8, 4) is 0 Å². The first-order valence-electron chi connectivity index (χ1n) is 10.5. The van der Waals surface area contributed by atoms with E-state index in [2.05, 4.69) is 47.2 Å². The van der Waals surface area contributed by atoms with Gasteiger partial charge >= 0.3 is 0 Å². The molecule has 2 atom stereocenters. The molecule has 2 aliphatic rings. The number of hydrogen-bond donors (Lipinski definition) is 1. The number of rotatable bonds is 6. The highest BCUT2D eigenvalue weighted by Gasteiger charge is 2.41. The van der Waals surface area contributed by atoms with Gasteiger partial charge in [0.2, 0.25) is 0 Å². The lowest BCUT2D eigenvalue weighted by molar-refractivity contribution is 0.0774. The van der Waals surface area contributed by atoms with E-state index in [1.54, 1.807) is 11.3 Å². The van der Waals surface area contributed by atoms with Crippen molar-refractivity contribution in [1.82, 2.24) is 9.80 Å². The number of thiophene rings is 1. The van der Waals surface area contributed by atoms with Gasteiger partial charge in [0.05, 0.1) is 5.56 Å². The molecule has 4 nitrogen and oxygen atoms in total. The highest BCUT2D eigenvalue weighted by molar-refractivity contribution is 7.12. The number of benzene rings is 1. The SMILES string of the molecule is Cc1cc(C(=O)N2CC3CN(CCCNc4ccc(C)c(Cl)c4)CC3C2)c(C)s1. The average Bonchev–Trinajstić information content (AvgIpc) is 3.33. The topological polar surface area (TPSA) is 35.6 Å². The van der Waals surface area contributed by atoms with Crippen LogP contribution in [0.3, 0.4) is 0 Å². The molecular formula is C23H30ClN3OS. The van der Waals surface area contributed by atoms with Crippen LogP contribution in [-0.4, -0.2) is 55.0 Å². The summed E-state index contributed by atoms with van der Waals surface area (Å²) in [6, 6.07) is 8.19. The summed E-state index contributed by atoms with van der Waals surface area (Å²) in [5.74, 6) is 1.49. The van der Waals surface area contributed by atoms with E-state index in [9.17, 15) is 4.79 Å². The molecule has 6 heteroatoms. The molecule has 2 saturated heterocycles. The zero-order valence-electron chi connectivity index (χ0n) is 17.5. The van der Waals surface area contributed by atoms with Gasteiger partial charge in [0, 0.05) is 53.2 Å². The number of carbonyl (C=O) groups excluding carboxylic acids is 1. The van der Waals surface area contributed by atoms with E-state index < -0.39 is 0 Å². The molecule has 29 heavy (non-hydrogen) atoms. The van der Waals surface area contributed by atoms with Crippen molar-refractivity contribution in [3.63, 3.8) is 0 Å². The van der Waals surface area contributed by atoms with Crippen LogP contribution in [0.2, 0.25) is 5.02 Å². The third-order valence-corrected chi connectivity index (χ3v) is 7.65. The van der Waals surface area contributed by atoms with Crippen LogP contribution in [0.15, 0.2) is 24.3 Å². The summed E-state index contributed by atoms with van der Waals surface area (Å²) in [5.41, 5.74) is 3.11. The van der Waals surface area contributed by atoms with Crippen LogP contribution < -0.4 is 5.32 Å². The minimum atomic E-state index is 0.230. The van der Waals surface area contributed by atoms with Gasteiger partial charge < -0.3 is 15.1 Å². The van der Waals surface area contributed by atoms with Crippen LogP contribution in [0.4, 0.5) is 5.69 Å². The molecule has 0 radical (unpaired) electrons. The van der Waals surface area contributed by atoms with Gasteiger partial charge in [-0.1, -0.05) is 17.7 Å². The Hall–Kier alpha value is -1.56. The van der Waals surface area contributed by atoms with Gasteiger partial charge in [0.25, 0.3) is 5.91 Å². The standard InChI is InChI=1S/C23H30ClN3OS/c1-15-5-6-20(10-22(15)24)25-7-4-8-26-11-18-13-27(14-19(18)12-26)23(28)21-9-16(2)29-17(21)3/h5-6,9-10,18-19,25H,4,7-8,11-14H2,1-3H3. The average molecular weight is 432 g/mol. The molecule has 1 N–H and O–H groups in total. The van der Waals surface area contributed by atoms with Gasteiger partial charge in [-0.05, 0) is 69.3 Å². The highest BCUT2D eigenvalue weighted by Crippen LogP contribution is 2.33. The fraction of sp³-hybridized carbons (Fsp3) is 0.522. The van der Waals surface area contributed by atoms with Gasteiger partial charge in [-0.15, -0.1) is 11.3 Å². The maximum absolute atomic E-state index is 12.9. The molecule has 4 rings (SSSR count). The number of hydrogen-bond acceptors (Lipinski definition) is 4. The summed E-state index contributed by atoms with van der Waals surface area (Å²) >= 11 is 7.91. The van der Waals surface area contributed by atoms with E-state index in [0.717, 1.165) is 72.4 Å². The lowest BCUT2D eigenvalue weighted by Gasteiger charge is -2.22. The fourth-order valence-corrected chi connectivity index (χ4v) is 5.79. The van der Waals surface area contributed by atoms with Crippen molar-refractivity contribution in [3.05, 3.63) is 50.2 Å². The van der Waals surface area contributed by atoms with E-state index in [1.165, 1.54) is 4.88 Å². The molecular weight excluding hydrogens is 402 g/mol. The Morgan fingerprint density at radius 3 is 2.48 bits per heavy atom. The molecule has 1 amide bonds. The minimum Gasteiger partial charge on any atom is -0.385 e. The van der Waals surface area contributed by atoms with E-state index in [-0.39, 0.29) is 5.91 Å². The summed E-state index contributed by atoms with van der Waals surface area (Å²) in [6.07, 6.45) is 1.11. The largest absolute Gasteiger partial charge is 0.385 e. The number of amides is 1. The van der Waals surface area contributed by atoms with Crippen LogP contribution in [0, 0.1) is 32.6 Å². The van der Waals surface area contributed by atoms with Crippen LogP contribution in [-0.2, 0) is 0 Å². The Balaban J connectivity index is 1.21. The molecule has 156 valence electrons. The molecule has 2 unspecified atom stereocenters. The van der Waals surface area contributed by atoms with Crippen LogP contribution in [0.5, 0.6) is 0 Å². The summed E-state index contributed by atoms with van der Waals surface area (Å²) < 4.78 is 0.